The number of nitrogens with two attached hydrogens (primary N) is 1. The molecule has 4 heteroatoms. The van der Waals surface area contributed by atoms with Gasteiger partial charge in [-0.2, -0.15) is 0 Å². The second-order valence-corrected chi connectivity index (χ2v) is 7.07. The van der Waals surface area contributed by atoms with Crippen LogP contribution in [0, 0.1) is 5.41 Å². The number of amides is 1. The molecule has 1 aromatic rings. The van der Waals surface area contributed by atoms with Crippen LogP contribution in [-0.4, -0.2) is 18.5 Å². The Morgan fingerprint density at radius 3 is 2.45 bits per heavy atom. The van der Waals surface area contributed by atoms with E-state index in [1.54, 1.807) is 0 Å². The molecule has 20 heavy (non-hydrogen) atoms. The molecule has 0 radical (unpaired) electrons. The van der Waals surface area contributed by atoms with E-state index in [1.165, 1.54) is 18.4 Å². The molecule has 0 bridgehead atoms. The molecule has 2 aliphatic rings. The van der Waals surface area contributed by atoms with Crippen molar-refractivity contribution >= 4 is 24.0 Å². The van der Waals surface area contributed by atoms with Crippen molar-refractivity contribution in [2.24, 2.45) is 11.1 Å². The zero-order chi connectivity index (χ0) is 13.8. The van der Waals surface area contributed by atoms with E-state index in [4.69, 9.17) is 5.73 Å². The zero-order valence-electron chi connectivity index (χ0n) is 12.3. The van der Waals surface area contributed by atoms with Crippen LogP contribution in [0.3, 0.4) is 0 Å². The average molecular weight is 295 g/mol. The van der Waals surface area contributed by atoms with Crippen LogP contribution in [0.15, 0.2) is 24.3 Å². The number of anilines is 1. The number of nitrogens with zero attached hydrogens (tertiary/aromatic N) is 1. The Kier molecular flexibility index (Phi) is 3.64. The molecular formula is C16H23ClN2O. The Morgan fingerprint density at radius 1 is 1.30 bits per heavy atom. The largest absolute Gasteiger partial charge is 0.319 e. The van der Waals surface area contributed by atoms with Crippen molar-refractivity contribution in [2.45, 2.75) is 45.1 Å². The number of carbonyl (C=O) groups is 1. The van der Waals surface area contributed by atoms with Crippen molar-refractivity contribution in [1.82, 2.24) is 0 Å². The number of rotatable bonds is 1. The molecule has 1 amide bonds. The lowest BCUT2D eigenvalue weighted by molar-refractivity contribution is -0.121. The Morgan fingerprint density at radius 2 is 1.90 bits per heavy atom. The van der Waals surface area contributed by atoms with Gasteiger partial charge in [0.1, 0.15) is 0 Å². The highest BCUT2D eigenvalue weighted by Crippen LogP contribution is 2.56. The van der Waals surface area contributed by atoms with Gasteiger partial charge in [0.15, 0.2) is 0 Å². The van der Waals surface area contributed by atoms with Gasteiger partial charge in [0.2, 0.25) is 5.91 Å². The fraction of sp³-hybridized carbons (Fsp3) is 0.562. The molecule has 2 N–H and O–H groups in total. The van der Waals surface area contributed by atoms with Crippen LogP contribution in [-0.2, 0) is 10.2 Å². The second-order valence-electron chi connectivity index (χ2n) is 7.07. The first-order valence-corrected chi connectivity index (χ1v) is 7.02. The molecule has 3 rings (SSSR count). The molecule has 1 aliphatic carbocycles. The minimum Gasteiger partial charge on any atom is -0.319 e. The van der Waals surface area contributed by atoms with Gasteiger partial charge in [-0.15, -0.1) is 12.4 Å². The molecule has 1 aliphatic heterocycles. The molecule has 0 unspecified atom stereocenters. The maximum Gasteiger partial charge on any atom is 0.244 e. The summed E-state index contributed by atoms with van der Waals surface area (Å²) < 4.78 is 0. The van der Waals surface area contributed by atoms with Crippen molar-refractivity contribution in [3.63, 3.8) is 0 Å². The lowest BCUT2D eigenvalue weighted by Gasteiger charge is -2.30. The molecule has 0 saturated heterocycles. The highest BCUT2D eigenvalue weighted by Gasteiger charge is 2.53. The van der Waals surface area contributed by atoms with Crippen LogP contribution in [0.5, 0.6) is 0 Å². The molecule has 1 atom stereocenters. The third kappa shape index (κ3) is 2.23. The van der Waals surface area contributed by atoms with E-state index in [2.05, 4.69) is 18.2 Å². The third-order valence-corrected chi connectivity index (χ3v) is 4.55. The fourth-order valence-electron chi connectivity index (χ4n) is 2.94. The van der Waals surface area contributed by atoms with Crippen molar-refractivity contribution < 1.29 is 4.79 Å². The number of hydrogen-bond acceptors (Lipinski definition) is 2. The van der Waals surface area contributed by atoms with E-state index in [0.717, 1.165) is 12.2 Å². The molecule has 1 heterocycles. The van der Waals surface area contributed by atoms with Crippen LogP contribution >= 0.6 is 12.4 Å². The first kappa shape index (κ1) is 15.3. The summed E-state index contributed by atoms with van der Waals surface area (Å²) in [5.41, 5.74) is 8.60. The first-order chi connectivity index (χ1) is 8.85. The fourth-order valence-corrected chi connectivity index (χ4v) is 2.94. The normalized spacial score (nSPS) is 20.3. The molecule has 3 nitrogen and oxygen atoms in total. The van der Waals surface area contributed by atoms with Gasteiger partial charge in [-0.05, 0) is 29.9 Å². The maximum atomic E-state index is 12.7. The molecular weight excluding hydrogens is 272 g/mol. The first-order valence-electron chi connectivity index (χ1n) is 7.02. The number of hydrogen-bond donors (Lipinski definition) is 1. The lowest BCUT2D eigenvalue weighted by atomic mass is 9.86. The van der Waals surface area contributed by atoms with E-state index >= 15 is 0 Å². The molecule has 1 saturated carbocycles. The number of para-hydroxylation sites is 1. The van der Waals surface area contributed by atoms with E-state index in [0.29, 0.717) is 0 Å². The van der Waals surface area contributed by atoms with Crippen molar-refractivity contribution in [3.05, 3.63) is 29.8 Å². The SMILES string of the molecule is CC(C)(C)[C@H](N)C(=O)N1CC2(CC2)c2ccccc21.Cl. The maximum absolute atomic E-state index is 12.7. The van der Waals surface area contributed by atoms with E-state index in [1.807, 2.05) is 31.7 Å². The van der Waals surface area contributed by atoms with Gasteiger partial charge in [-0.3, -0.25) is 4.79 Å². The lowest BCUT2D eigenvalue weighted by Crippen LogP contribution is -2.50. The Balaban J connectivity index is 0.00000147. The van der Waals surface area contributed by atoms with Gasteiger partial charge < -0.3 is 10.6 Å². The smallest absolute Gasteiger partial charge is 0.244 e. The summed E-state index contributed by atoms with van der Waals surface area (Å²) in [5, 5.41) is 0. The summed E-state index contributed by atoms with van der Waals surface area (Å²) in [6, 6.07) is 7.84. The van der Waals surface area contributed by atoms with Crippen LogP contribution in [0.1, 0.15) is 39.2 Å². The predicted octanol–water partition coefficient (Wildman–Crippen LogP) is 2.86. The van der Waals surface area contributed by atoms with Gasteiger partial charge in [0.05, 0.1) is 6.04 Å². The quantitative estimate of drug-likeness (QED) is 0.866. The zero-order valence-corrected chi connectivity index (χ0v) is 13.2. The van der Waals surface area contributed by atoms with E-state index in [-0.39, 0.29) is 29.1 Å². The second kappa shape index (κ2) is 4.74. The average Bonchev–Trinajstić information content (AvgIpc) is 3.06. The summed E-state index contributed by atoms with van der Waals surface area (Å²) in [7, 11) is 0. The van der Waals surface area contributed by atoms with E-state index in [9.17, 15) is 4.79 Å². The summed E-state index contributed by atoms with van der Waals surface area (Å²) in [4.78, 5) is 14.6. The number of fused-ring (bicyclic) bond motifs is 2. The summed E-state index contributed by atoms with van der Waals surface area (Å²) in [6.07, 6.45) is 2.39. The molecule has 1 fully saturated rings. The summed E-state index contributed by atoms with van der Waals surface area (Å²) in [5.74, 6) is 0.0590. The van der Waals surface area contributed by atoms with Crippen LogP contribution in [0.25, 0.3) is 0 Å². The predicted molar refractivity (Wildman–Crippen MR) is 84.4 cm³/mol. The topological polar surface area (TPSA) is 46.3 Å². The highest BCUT2D eigenvalue weighted by molar-refractivity contribution is 6.00. The minimum atomic E-state index is -0.450. The van der Waals surface area contributed by atoms with Crippen LogP contribution in [0.4, 0.5) is 5.69 Å². The van der Waals surface area contributed by atoms with Crippen LogP contribution < -0.4 is 10.6 Å². The molecule has 110 valence electrons. The van der Waals surface area contributed by atoms with Gasteiger partial charge in [0, 0.05) is 17.6 Å². The van der Waals surface area contributed by atoms with Crippen molar-refractivity contribution in [2.75, 3.05) is 11.4 Å². The number of benzene rings is 1. The third-order valence-electron chi connectivity index (χ3n) is 4.55. The summed E-state index contributed by atoms with van der Waals surface area (Å²) in [6.45, 7) is 6.87. The number of carbonyl (C=O) groups excluding carboxylic acids is 1. The van der Waals surface area contributed by atoms with Crippen LogP contribution in [0.2, 0.25) is 0 Å². The Bertz CT molecular complexity index is 532. The number of halogens is 1. The van der Waals surface area contributed by atoms with Gasteiger partial charge in [-0.25, -0.2) is 0 Å². The van der Waals surface area contributed by atoms with E-state index < -0.39 is 6.04 Å². The summed E-state index contributed by atoms with van der Waals surface area (Å²) >= 11 is 0. The molecule has 1 spiro atoms. The highest BCUT2D eigenvalue weighted by atomic mass is 35.5. The van der Waals surface area contributed by atoms with Gasteiger partial charge in [0.25, 0.3) is 0 Å². The Labute approximate surface area is 126 Å². The van der Waals surface area contributed by atoms with Crippen molar-refractivity contribution in [3.8, 4) is 0 Å². The Hall–Kier alpha value is -1.06. The minimum absolute atomic E-state index is 0. The molecule has 1 aromatic carbocycles. The molecule has 0 aromatic heterocycles. The standard InChI is InChI=1S/C16H22N2O.ClH/c1-15(2,3)13(17)14(19)18-10-16(8-9-16)11-6-4-5-7-12(11)18;/h4-7,13H,8-10,17H2,1-3H3;1H/t13-;/m1./s1. The van der Waals surface area contributed by atoms with Crippen molar-refractivity contribution in [1.29, 1.82) is 0 Å². The monoisotopic (exact) mass is 294 g/mol. The van der Waals surface area contributed by atoms with Gasteiger partial charge >= 0.3 is 0 Å². The van der Waals surface area contributed by atoms with Gasteiger partial charge in [-0.1, -0.05) is 39.0 Å².